The molecule has 0 saturated carbocycles. The van der Waals surface area contributed by atoms with Crippen LogP contribution in [0.3, 0.4) is 0 Å². The lowest BCUT2D eigenvalue weighted by atomic mass is 10.2. The molecule has 2 rings (SSSR count). The van der Waals surface area contributed by atoms with E-state index in [0.717, 1.165) is 16.4 Å². The Morgan fingerprint density at radius 3 is 2.85 bits per heavy atom. The van der Waals surface area contributed by atoms with E-state index in [-0.39, 0.29) is 0 Å². The van der Waals surface area contributed by atoms with Crippen LogP contribution in [0.4, 0.5) is 5.13 Å². The maximum atomic E-state index is 12.0. The predicted molar refractivity (Wildman–Crippen MR) is 81.3 cm³/mol. The van der Waals surface area contributed by atoms with Crippen molar-refractivity contribution in [2.24, 2.45) is 0 Å². The van der Waals surface area contributed by atoms with Gasteiger partial charge in [-0.15, -0.1) is 0 Å². The lowest BCUT2D eigenvalue weighted by Gasteiger charge is -2.09. The van der Waals surface area contributed by atoms with E-state index in [1.807, 2.05) is 6.92 Å². The van der Waals surface area contributed by atoms with Crippen LogP contribution in [0.2, 0.25) is 5.02 Å². The summed E-state index contributed by atoms with van der Waals surface area (Å²) in [6, 6.07) is 1.54. The summed E-state index contributed by atoms with van der Waals surface area (Å²) >= 11 is 7.60. The highest BCUT2D eigenvalue weighted by atomic mass is 35.5. The molecule has 1 heterocycles. The summed E-state index contributed by atoms with van der Waals surface area (Å²) in [4.78, 5) is 16.4. The monoisotopic (exact) mass is 314 g/mol. The third kappa shape index (κ3) is 2.66. The van der Waals surface area contributed by atoms with Crippen LogP contribution in [-0.4, -0.2) is 31.2 Å². The summed E-state index contributed by atoms with van der Waals surface area (Å²) < 4.78 is 11.1. The van der Waals surface area contributed by atoms with Crippen molar-refractivity contribution in [3.63, 3.8) is 0 Å². The minimum atomic E-state index is -0.452. The Morgan fingerprint density at radius 2 is 2.25 bits per heavy atom. The van der Waals surface area contributed by atoms with Crippen LogP contribution in [0.15, 0.2) is 6.07 Å². The first-order valence-electron chi connectivity index (χ1n) is 6.20. The van der Waals surface area contributed by atoms with Crippen molar-refractivity contribution >= 4 is 44.3 Å². The first-order valence-corrected chi connectivity index (χ1v) is 7.39. The number of fused-ring (bicyclic) bond motifs is 1. The SMILES string of the molecule is CCNc1nc2c(Cl)cc(C(=O)OCC)c(OC)c2s1. The molecule has 0 radical (unpaired) electrons. The Labute approximate surface area is 125 Å². The van der Waals surface area contributed by atoms with Gasteiger partial charge in [-0.25, -0.2) is 9.78 Å². The summed E-state index contributed by atoms with van der Waals surface area (Å²) in [6.07, 6.45) is 0. The van der Waals surface area contributed by atoms with Crippen LogP contribution in [0.5, 0.6) is 5.75 Å². The van der Waals surface area contributed by atoms with Gasteiger partial charge < -0.3 is 14.8 Å². The van der Waals surface area contributed by atoms with Crippen molar-refractivity contribution in [1.82, 2.24) is 4.98 Å². The third-order valence-electron chi connectivity index (χ3n) is 2.60. The molecule has 2 aromatic rings. The van der Waals surface area contributed by atoms with Crippen molar-refractivity contribution < 1.29 is 14.3 Å². The molecule has 0 amide bonds. The molecule has 5 nitrogen and oxygen atoms in total. The zero-order chi connectivity index (χ0) is 14.7. The first kappa shape index (κ1) is 14.9. The van der Waals surface area contributed by atoms with Crippen LogP contribution in [-0.2, 0) is 4.74 Å². The number of halogens is 1. The number of esters is 1. The minimum absolute atomic E-state index is 0.295. The van der Waals surface area contributed by atoms with Gasteiger partial charge in [0, 0.05) is 6.54 Å². The minimum Gasteiger partial charge on any atom is -0.494 e. The lowest BCUT2D eigenvalue weighted by Crippen LogP contribution is -2.07. The van der Waals surface area contributed by atoms with Gasteiger partial charge in [0.05, 0.1) is 18.7 Å². The van der Waals surface area contributed by atoms with Gasteiger partial charge in [-0.05, 0) is 19.9 Å². The second-order valence-electron chi connectivity index (χ2n) is 3.89. The number of thiazole rings is 1. The van der Waals surface area contributed by atoms with E-state index in [1.54, 1.807) is 6.92 Å². The normalized spacial score (nSPS) is 10.6. The first-order chi connectivity index (χ1) is 9.62. The molecule has 20 heavy (non-hydrogen) atoms. The van der Waals surface area contributed by atoms with Gasteiger partial charge in [0.2, 0.25) is 0 Å². The van der Waals surface area contributed by atoms with Crippen LogP contribution in [0, 0.1) is 0 Å². The average Bonchev–Trinajstić information content (AvgIpc) is 2.83. The molecule has 108 valence electrons. The number of hydrogen-bond acceptors (Lipinski definition) is 6. The van der Waals surface area contributed by atoms with Crippen LogP contribution < -0.4 is 10.1 Å². The quantitative estimate of drug-likeness (QED) is 0.855. The fraction of sp³-hybridized carbons (Fsp3) is 0.385. The molecule has 7 heteroatoms. The number of nitrogens with one attached hydrogen (secondary N) is 1. The molecule has 0 aliphatic carbocycles. The van der Waals surface area contributed by atoms with Crippen molar-refractivity contribution in [2.45, 2.75) is 13.8 Å². The number of benzene rings is 1. The number of ether oxygens (including phenoxy) is 2. The predicted octanol–water partition coefficient (Wildman–Crippen LogP) is 3.57. The molecule has 0 atom stereocenters. The number of carbonyl (C=O) groups is 1. The fourth-order valence-electron chi connectivity index (χ4n) is 1.81. The average molecular weight is 315 g/mol. The van der Waals surface area contributed by atoms with Crippen LogP contribution in [0.1, 0.15) is 24.2 Å². The Balaban J connectivity index is 2.62. The number of hydrogen-bond donors (Lipinski definition) is 1. The van der Waals surface area contributed by atoms with Gasteiger partial charge >= 0.3 is 5.97 Å². The zero-order valence-corrected chi connectivity index (χ0v) is 13.0. The molecule has 0 fully saturated rings. The van der Waals surface area contributed by atoms with Crippen molar-refractivity contribution in [3.8, 4) is 5.75 Å². The second kappa shape index (κ2) is 6.28. The molecular formula is C13H15ClN2O3S. The summed E-state index contributed by atoms with van der Waals surface area (Å²) in [5.41, 5.74) is 0.941. The molecule has 0 aliphatic heterocycles. The van der Waals surface area contributed by atoms with Gasteiger partial charge in [0.1, 0.15) is 15.8 Å². The van der Waals surface area contributed by atoms with Gasteiger partial charge in [-0.3, -0.25) is 0 Å². The van der Waals surface area contributed by atoms with E-state index >= 15 is 0 Å². The number of carbonyl (C=O) groups excluding carboxylic acids is 1. The second-order valence-corrected chi connectivity index (χ2v) is 5.29. The van der Waals surface area contributed by atoms with E-state index in [1.165, 1.54) is 24.5 Å². The van der Waals surface area contributed by atoms with Crippen molar-refractivity contribution in [3.05, 3.63) is 16.7 Å². The molecule has 0 saturated heterocycles. The van der Waals surface area contributed by atoms with Crippen molar-refractivity contribution in [2.75, 3.05) is 25.6 Å². The number of anilines is 1. The molecule has 0 spiro atoms. The maximum Gasteiger partial charge on any atom is 0.342 e. The summed E-state index contributed by atoms with van der Waals surface area (Å²) in [6.45, 7) is 4.78. The van der Waals surface area contributed by atoms with Gasteiger partial charge in [-0.1, -0.05) is 22.9 Å². The smallest absolute Gasteiger partial charge is 0.342 e. The molecule has 0 unspecified atom stereocenters. The Morgan fingerprint density at radius 1 is 1.50 bits per heavy atom. The van der Waals surface area contributed by atoms with Gasteiger partial charge in [0.25, 0.3) is 0 Å². The highest BCUT2D eigenvalue weighted by molar-refractivity contribution is 7.22. The number of rotatable bonds is 5. The number of methoxy groups -OCH3 is 1. The van der Waals surface area contributed by atoms with Crippen LogP contribution >= 0.6 is 22.9 Å². The number of aromatic nitrogens is 1. The van der Waals surface area contributed by atoms with E-state index in [0.29, 0.717) is 28.5 Å². The van der Waals surface area contributed by atoms with Crippen molar-refractivity contribution in [1.29, 1.82) is 0 Å². The van der Waals surface area contributed by atoms with Gasteiger partial charge in [-0.2, -0.15) is 0 Å². The Bertz CT molecular complexity index is 642. The van der Waals surface area contributed by atoms with Crippen LogP contribution in [0.25, 0.3) is 10.2 Å². The number of nitrogens with zero attached hydrogens (tertiary/aromatic N) is 1. The Kier molecular flexibility index (Phi) is 4.67. The lowest BCUT2D eigenvalue weighted by molar-refractivity contribution is 0.0523. The highest BCUT2D eigenvalue weighted by Crippen LogP contribution is 2.40. The molecule has 0 aliphatic rings. The topological polar surface area (TPSA) is 60.5 Å². The van der Waals surface area contributed by atoms with E-state index in [2.05, 4.69) is 10.3 Å². The highest BCUT2D eigenvalue weighted by Gasteiger charge is 2.21. The van der Waals surface area contributed by atoms with E-state index < -0.39 is 5.97 Å². The van der Waals surface area contributed by atoms with E-state index in [4.69, 9.17) is 21.1 Å². The zero-order valence-electron chi connectivity index (χ0n) is 11.4. The fourth-order valence-corrected chi connectivity index (χ4v) is 3.20. The maximum absolute atomic E-state index is 12.0. The molecule has 1 aromatic carbocycles. The summed E-state index contributed by atoms with van der Waals surface area (Å²) in [5.74, 6) is -0.00365. The standard InChI is InChI=1S/C13H15ClN2O3S/c1-4-15-13-16-9-8(14)6-7(12(17)19-5-2)10(18-3)11(9)20-13/h6H,4-5H2,1-3H3,(H,15,16). The van der Waals surface area contributed by atoms with Gasteiger partial charge in [0.15, 0.2) is 10.9 Å². The molecule has 1 N–H and O–H groups in total. The molecule has 0 bridgehead atoms. The largest absolute Gasteiger partial charge is 0.494 e. The Hall–Kier alpha value is -1.53. The molecule has 1 aromatic heterocycles. The molecular weight excluding hydrogens is 300 g/mol. The summed E-state index contributed by atoms with van der Waals surface area (Å²) in [7, 11) is 1.51. The third-order valence-corrected chi connectivity index (χ3v) is 3.90. The van der Waals surface area contributed by atoms with E-state index in [9.17, 15) is 4.79 Å². The summed E-state index contributed by atoms with van der Waals surface area (Å²) in [5, 5.41) is 4.27.